The van der Waals surface area contributed by atoms with Crippen LogP contribution in [0.3, 0.4) is 0 Å². The first kappa shape index (κ1) is 14.8. The van der Waals surface area contributed by atoms with E-state index in [1.807, 2.05) is 24.3 Å². The normalized spacial score (nSPS) is 13.3. The summed E-state index contributed by atoms with van der Waals surface area (Å²) in [6.45, 7) is 0. The number of fused-ring (bicyclic) bond motifs is 2. The largest absolute Gasteiger partial charge is 0.325 e. The Morgan fingerprint density at radius 1 is 1.00 bits per heavy atom. The molecule has 1 aliphatic rings. The molecule has 0 radical (unpaired) electrons. The molecule has 0 spiro atoms. The van der Waals surface area contributed by atoms with Crippen LogP contribution in [0.5, 0.6) is 0 Å². The maximum Gasteiger partial charge on any atom is 0.325 e. The van der Waals surface area contributed by atoms with Gasteiger partial charge in [0.1, 0.15) is 0 Å². The molecule has 0 bridgehead atoms. The van der Waals surface area contributed by atoms with Gasteiger partial charge in [0.05, 0.1) is 16.3 Å². The van der Waals surface area contributed by atoms with Crippen LogP contribution in [-0.4, -0.2) is 20.0 Å². The number of carbonyl (C=O) groups is 1. The molecular formula is C16H12ClNO3S. The number of sulfone groups is 1. The smallest absolute Gasteiger partial charge is 0.266 e. The van der Waals surface area contributed by atoms with E-state index in [0.717, 1.165) is 17.4 Å². The Morgan fingerprint density at radius 2 is 1.64 bits per heavy atom. The van der Waals surface area contributed by atoms with Crippen molar-refractivity contribution < 1.29 is 13.2 Å². The highest BCUT2D eigenvalue weighted by Crippen LogP contribution is 2.38. The van der Waals surface area contributed by atoms with E-state index in [1.165, 1.54) is 17.0 Å². The summed E-state index contributed by atoms with van der Waals surface area (Å²) in [7, 11) is -3.38. The van der Waals surface area contributed by atoms with Crippen molar-refractivity contribution in [3.05, 3.63) is 53.6 Å². The fourth-order valence-corrected chi connectivity index (χ4v) is 3.24. The van der Waals surface area contributed by atoms with E-state index in [0.29, 0.717) is 11.4 Å². The minimum atomic E-state index is -3.38. The highest BCUT2D eigenvalue weighted by molar-refractivity contribution is 7.90. The van der Waals surface area contributed by atoms with Gasteiger partial charge in [-0.05, 0) is 40.9 Å². The van der Waals surface area contributed by atoms with Crippen LogP contribution in [-0.2, 0) is 9.84 Å². The highest BCUT2D eigenvalue weighted by Gasteiger charge is 2.24. The molecule has 0 saturated heterocycles. The molecule has 0 atom stereocenters. The monoisotopic (exact) mass is 333 g/mol. The van der Waals surface area contributed by atoms with Gasteiger partial charge in [0.15, 0.2) is 9.84 Å². The summed E-state index contributed by atoms with van der Waals surface area (Å²) in [5.74, 6) is 0. The van der Waals surface area contributed by atoms with Crippen molar-refractivity contribution in [2.75, 3.05) is 11.2 Å². The minimum absolute atomic E-state index is 0.141. The van der Waals surface area contributed by atoms with E-state index >= 15 is 0 Å². The number of anilines is 2. The van der Waals surface area contributed by atoms with Crippen molar-refractivity contribution in [3.8, 4) is 0 Å². The zero-order chi connectivity index (χ0) is 15.9. The second-order valence-corrected chi connectivity index (χ2v) is 7.31. The summed E-state index contributed by atoms with van der Waals surface area (Å²) in [4.78, 5) is 13.4. The fraction of sp³-hybridized carbons (Fsp3) is 0.0625. The lowest BCUT2D eigenvalue weighted by Gasteiger charge is -2.22. The number of rotatable bonds is 1. The molecule has 112 valence electrons. The third-order valence-electron chi connectivity index (χ3n) is 3.47. The van der Waals surface area contributed by atoms with Crippen molar-refractivity contribution in [2.45, 2.75) is 4.90 Å². The Kier molecular flexibility index (Phi) is 3.54. The number of carbonyl (C=O) groups excluding carboxylic acids is 1. The van der Waals surface area contributed by atoms with Gasteiger partial charge in [-0.3, -0.25) is 9.69 Å². The first-order valence-electron chi connectivity index (χ1n) is 6.49. The minimum Gasteiger partial charge on any atom is -0.266 e. The van der Waals surface area contributed by atoms with E-state index in [9.17, 15) is 13.2 Å². The number of amides is 1. The van der Waals surface area contributed by atoms with Gasteiger partial charge in [0.2, 0.25) is 0 Å². The van der Waals surface area contributed by atoms with E-state index in [-0.39, 0.29) is 4.90 Å². The Bertz CT molecular complexity index is 903. The summed E-state index contributed by atoms with van der Waals surface area (Å²) < 4.78 is 23.5. The lowest BCUT2D eigenvalue weighted by molar-refractivity contribution is 0.266. The van der Waals surface area contributed by atoms with Gasteiger partial charge in [-0.1, -0.05) is 36.4 Å². The number of halogens is 1. The second-order valence-electron chi connectivity index (χ2n) is 4.97. The summed E-state index contributed by atoms with van der Waals surface area (Å²) in [5, 5.41) is -0.692. The van der Waals surface area contributed by atoms with Crippen molar-refractivity contribution in [1.29, 1.82) is 0 Å². The van der Waals surface area contributed by atoms with Gasteiger partial charge in [0, 0.05) is 6.26 Å². The summed E-state index contributed by atoms with van der Waals surface area (Å²) in [5.41, 5.74) is 2.61. The van der Waals surface area contributed by atoms with Gasteiger partial charge in [-0.25, -0.2) is 8.42 Å². The van der Waals surface area contributed by atoms with Crippen molar-refractivity contribution in [1.82, 2.24) is 0 Å². The Morgan fingerprint density at radius 3 is 2.27 bits per heavy atom. The van der Waals surface area contributed by atoms with Crippen LogP contribution < -0.4 is 4.90 Å². The Hall–Kier alpha value is -2.11. The Balaban J connectivity index is 2.31. The molecule has 2 aromatic carbocycles. The van der Waals surface area contributed by atoms with Crippen LogP contribution in [0, 0.1) is 0 Å². The molecule has 4 nitrogen and oxygen atoms in total. The zero-order valence-corrected chi connectivity index (χ0v) is 13.2. The molecule has 0 aliphatic carbocycles. The van der Waals surface area contributed by atoms with Crippen molar-refractivity contribution >= 4 is 50.3 Å². The third kappa shape index (κ3) is 2.53. The molecule has 0 unspecified atom stereocenters. The van der Waals surface area contributed by atoms with Crippen LogP contribution >= 0.6 is 11.6 Å². The number of benzene rings is 2. The van der Waals surface area contributed by atoms with Gasteiger partial charge in [-0.2, -0.15) is 0 Å². The van der Waals surface area contributed by atoms with E-state index in [2.05, 4.69) is 0 Å². The number of hydrogen-bond acceptors (Lipinski definition) is 3. The van der Waals surface area contributed by atoms with Crippen LogP contribution in [0.2, 0.25) is 0 Å². The zero-order valence-electron chi connectivity index (χ0n) is 11.7. The van der Waals surface area contributed by atoms with Gasteiger partial charge in [-0.15, -0.1) is 0 Å². The molecule has 3 rings (SSSR count). The average Bonchev–Trinajstić information content (AvgIpc) is 2.62. The molecule has 0 saturated carbocycles. The first-order chi connectivity index (χ1) is 10.4. The average molecular weight is 334 g/mol. The third-order valence-corrected chi connectivity index (χ3v) is 4.75. The maximum absolute atomic E-state index is 12.0. The summed E-state index contributed by atoms with van der Waals surface area (Å²) in [6, 6.07) is 11.9. The molecule has 0 aromatic heterocycles. The fourth-order valence-electron chi connectivity index (χ4n) is 2.42. The summed E-state index contributed by atoms with van der Waals surface area (Å²) >= 11 is 5.76. The first-order valence-corrected chi connectivity index (χ1v) is 8.76. The molecular weight excluding hydrogens is 322 g/mol. The lowest BCUT2D eigenvalue weighted by atomic mass is 10.1. The number of nitrogens with zero attached hydrogens (tertiary/aromatic N) is 1. The van der Waals surface area contributed by atoms with Gasteiger partial charge < -0.3 is 0 Å². The molecule has 1 amide bonds. The molecule has 22 heavy (non-hydrogen) atoms. The van der Waals surface area contributed by atoms with E-state index in [4.69, 9.17) is 11.6 Å². The number of hydrogen-bond donors (Lipinski definition) is 0. The van der Waals surface area contributed by atoms with E-state index < -0.39 is 15.2 Å². The van der Waals surface area contributed by atoms with Crippen molar-refractivity contribution in [3.63, 3.8) is 0 Å². The lowest BCUT2D eigenvalue weighted by Crippen LogP contribution is -2.21. The topological polar surface area (TPSA) is 54.5 Å². The van der Waals surface area contributed by atoms with Crippen LogP contribution in [0.4, 0.5) is 16.2 Å². The molecule has 1 heterocycles. The number of para-hydroxylation sites is 1. The predicted octanol–water partition coefficient (Wildman–Crippen LogP) is 4.07. The molecule has 6 heteroatoms. The molecule has 1 aliphatic heterocycles. The molecule has 2 aromatic rings. The van der Waals surface area contributed by atoms with Crippen molar-refractivity contribution in [2.24, 2.45) is 0 Å². The highest BCUT2D eigenvalue weighted by atomic mass is 35.5. The van der Waals surface area contributed by atoms with E-state index in [1.54, 1.807) is 18.2 Å². The standard InChI is InChI=1S/C16H12ClNO3S/c1-22(20,21)13-9-8-12-7-6-11-4-2-3-5-14(11)18(16(17)19)15(12)10-13/h2-10H,1H3. The Labute approximate surface area is 133 Å². The SMILES string of the molecule is CS(=O)(=O)c1ccc2c(c1)N(C(=O)Cl)c1ccccc1C=C2. The van der Waals surface area contributed by atoms with Crippen LogP contribution in [0.1, 0.15) is 11.1 Å². The quantitative estimate of drug-likeness (QED) is 0.584. The second kappa shape index (κ2) is 5.26. The van der Waals surface area contributed by atoms with Gasteiger partial charge >= 0.3 is 5.37 Å². The molecule has 0 fully saturated rings. The van der Waals surface area contributed by atoms with Gasteiger partial charge in [0.25, 0.3) is 0 Å². The molecule has 0 N–H and O–H groups in total. The van der Waals surface area contributed by atoms with Crippen LogP contribution in [0.25, 0.3) is 12.2 Å². The summed E-state index contributed by atoms with van der Waals surface area (Å²) in [6.07, 6.45) is 4.83. The maximum atomic E-state index is 12.0. The van der Waals surface area contributed by atoms with Crippen LogP contribution in [0.15, 0.2) is 47.4 Å². The predicted molar refractivity (Wildman–Crippen MR) is 88.3 cm³/mol.